The summed E-state index contributed by atoms with van der Waals surface area (Å²) in [6.45, 7) is 0. The number of para-hydroxylation sites is 2. The van der Waals surface area contributed by atoms with Crippen molar-refractivity contribution in [2.24, 2.45) is 5.92 Å². The monoisotopic (exact) mass is 701 g/mol. The molecule has 12 rings (SSSR count). The second-order valence-electron chi connectivity index (χ2n) is 15.1. The lowest BCUT2D eigenvalue weighted by molar-refractivity contribution is 0.465. The van der Waals surface area contributed by atoms with E-state index in [2.05, 4.69) is 205 Å². The first-order chi connectivity index (χ1) is 27.3. The second kappa shape index (κ2) is 11.5. The highest BCUT2D eigenvalue weighted by molar-refractivity contribution is 6.11. The molecule has 0 amide bonds. The summed E-state index contributed by atoms with van der Waals surface area (Å²) in [6, 6.07) is 64.6. The smallest absolute Gasteiger partial charge is 0.159 e. The van der Waals surface area contributed by atoms with Crippen LogP contribution in [-0.2, 0) is 5.41 Å². The maximum Gasteiger partial charge on any atom is 0.159 e. The fourth-order valence-corrected chi connectivity index (χ4v) is 10.4. The van der Waals surface area contributed by atoms with Crippen molar-refractivity contribution in [3.8, 4) is 22.3 Å². The van der Waals surface area contributed by atoms with Gasteiger partial charge in [-0.2, -0.15) is 0 Å². The molecule has 0 bridgehead atoms. The van der Waals surface area contributed by atoms with Crippen LogP contribution < -0.4 is 4.90 Å². The maximum atomic E-state index is 6.79. The van der Waals surface area contributed by atoms with E-state index in [1.165, 1.54) is 55.3 Å². The molecule has 0 saturated heterocycles. The third kappa shape index (κ3) is 4.14. The van der Waals surface area contributed by atoms with Gasteiger partial charge < -0.3 is 9.32 Å². The number of rotatable bonds is 4. The largest absolute Gasteiger partial charge is 0.454 e. The summed E-state index contributed by atoms with van der Waals surface area (Å²) in [7, 11) is 0. The molecule has 3 atom stereocenters. The lowest BCUT2D eigenvalue weighted by Crippen LogP contribution is -2.33. The van der Waals surface area contributed by atoms with E-state index in [0.717, 1.165) is 39.0 Å². The van der Waals surface area contributed by atoms with Crippen LogP contribution in [0.2, 0.25) is 0 Å². The number of benzene rings is 8. The summed E-state index contributed by atoms with van der Waals surface area (Å²) < 4.78 is 6.79. The van der Waals surface area contributed by atoms with Gasteiger partial charge in [-0.05, 0) is 80.0 Å². The minimum atomic E-state index is -0.320. The lowest BCUT2D eigenvalue weighted by atomic mass is 9.65. The van der Waals surface area contributed by atoms with Crippen LogP contribution in [0.15, 0.2) is 205 Å². The normalized spacial score (nSPS) is 18.8. The molecule has 0 radical (unpaired) electrons. The van der Waals surface area contributed by atoms with Crippen LogP contribution in [0.3, 0.4) is 0 Å². The molecular weight excluding hydrogens is 667 g/mol. The van der Waals surface area contributed by atoms with Gasteiger partial charge in [0.1, 0.15) is 5.58 Å². The quantitative estimate of drug-likeness (QED) is 0.182. The number of nitrogens with zero attached hydrogens (tertiary/aromatic N) is 1. The third-order valence-electron chi connectivity index (χ3n) is 12.6. The Labute approximate surface area is 319 Å². The van der Waals surface area contributed by atoms with Gasteiger partial charge in [0.25, 0.3) is 0 Å². The van der Waals surface area contributed by atoms with Crippen LogP contribution >= 0.6 is 0 Å². The van der Waals surface area contributed by atoms with Crippen LogP contribution in [0.25, 0.3) is 55.0 Å². The zero-order chi connectivity index (χ0) is 36.1. The average molecular weight is 702 g/mol. The van der Waals surface area contributed by atoms with Crippen LogP contribution in [-0.4, -0.2) is 0 Å². The van der Waals surface area contributed by atoms with Crippen molar-refractivity contribution in [3.05, 3.63) is 222 Å². The van der Waals surface area contributed by atoms with E-state index >= 15 is 0 Å². The molecule has 3 unspecified atom stereocenters. The number of allylic oxidation sites excluding steroid dienone is 4. The molecule has 3 aliphatic rings. The molecule has 0 aliphatic heterocycles. The van der Waals surface area contributed by atoms with E-state index in [1.54, 1.807) is 0 Å². The second-order valence-corrected chi connectivity index (χ2v) is 15.1. The zero-order valence-corrected chi connectivity index (χ0v) is 30.1. The lowest BCUT2D eigenvalue weighted by Gasteiger charge is -2.36. The van der Waals surface area contributed by atoms with Gasteiger partial charge in [-0.1, -0.05) is 170 Å². The van der Waals surface area contributed by atoms with E-state index in [4.69, 9.17) is 4.42 Å². The van der Waals surface area contributed by atoms with Crippen LogP contribution in [0, 0.1) is 5.92 Å². The minimum Gasteiger partial charge on any atom is -0.454 e. The van der Waals surface area contributed by atoms with E-state index in [9.17, 15) is 0 Å². The highest BCUT2D eigenvalue weighted by Gasteiger charge is 2.57. The predicted molar refractivity (Wildman–Crippen MR) is 228 cm³/mol. The van der Waals surface area contributed by atoms with Gasteiger partial charge >= 0.3 is 0 Å². The third-order valence-corrected chi connectivity index (χ3v) is 12.6. The molecule has 0 fully saturated rings. The van der Waals surface area contributed by atoms with Crippen LogP contribution in [0.5, 0.6) is 0 Å². The molecule has 1 aromatic heterocycles. The number of anilines is 3. The first kappa shape index (κ1) is 30.6. The average Bonchev–Trinajstić information content (AvgIpc) is 3.89. The summed E-state index contributed by atoms with van der Waals surface area (Å²) >= 11 is 0. The van der Waals surface area contributed by atoms with Crippen molar-refractivity contribution in [2.45, 2.75) is 11.3 Å². The molecule has 2 heteroatoms. The highest BCUT2D eigenvalue weighted by atomic mass is 16.3. The molecule has 9 aromatic rings. The molecule has 2 nitrogen and oxygen atoms in total. The number of hydrogen-bond donors (Lipinski definition) is 0. The summed E-state index contributed by atoms with van der Waals surface area (Å²) in [5.41, 5.74) is 15.3. The molecule has 0 N–H and O–H groups in total. The van der Waals surface area contributed by atoms with Gasteiger partial charge in [0.2, 0.25) is 0 Å². The fourth-order valence-electron chi connectivity index (χ4n) is 10.4. The van der Waals surface area contributed by atoms with Gasteiger partial charge in [0.15, 0.2) is 5.58 Å². The Kier molecular flexibility index (Phi) is 6.41. The SMILES string of the molecule is C1=CC2c3ccccc3C3(c4ccccc4-c4c(N(c5ccc(-c6cccc7ccccc67)cc5)c5cccc6c5oc5ccccc56)cccc43)C2C=C1. The fraction of sp³-hybridized carbons (Fsp3) is 0.0566. The highest BCUT2D eigenvalue weighted by Crippen LogP contribution is 2.66. The number of hydrogen-bond acceptors (Lipinski definition) is 2. The van der Waals surface area contributed by atoms with Crippen molar-refractivity contribution in [1.29, 1.82) is 0 Å². The molecule has 258 valence electrons. The molecule has 3 aliphatic carbocycles. The Morgan fingerprint density at radius 2 is 1.13 bits per heavy atom. The minimum absolute atomic E-state index is 0.264. The Bertz CT molecular complexity index is 3070. The van der Waals surface area contributed by atoms with E-state index in [-0.39, 0.29) is 11.3 Å². The van der Waals surface area contributed by atoms with Gasteiger partial charge in [-0.15, -0.1) is 0 Å². The van der Waals surface area contributed by atoms with E-state index in [1.807, 2.05) is 0 Å². The van der Waals surface area contributed by atoms with E-state index in [0.29, 0.717) is 5.92 Å². The summed E-state index contributed by atoms with van der Waals surface area (Å²) in [5, 5.41) is 4.74. The van der Waals surface area contributed by atoms with Crippen LogP contribution in [0.4, 0.5) is 17.1 Å². The summed E-state index contributed by atoms with van der Waals surface area (Å²) in [4.78, 5) is 2.45. The zero-order valence-electron chi connectivity index (χ0n) is 30.1. The molecule has 0 saturated carbocycles. The Morgan fingerprint density at radius 3 is 2.05 bits per heavy atom. The van der Waals surface area contributed by atoms with Gasteiger partial charge in [0.05, 0.1) is 16.8 Å². The van der Waals surface area contributed by atoms with Crippen molar-refractivity contribution in [1.82, 2.24) is 0 Å². The predicted octanol–water partition coefficient (Wildman–Crippen LogP) is 14.0. The number of furan rings is 1. The van der Waals surface area contributed by atoms with Gasteiger partial charge in [0, 0.05) is 33.9 Å². The van der Waals surface area contributed by atoms with Crippen molar-refractivity contribution in [2.75, 3.05) is 4.90 Å². The molecular formula is C53H35NO. The first-order valence-corrected chi connectivity index (χ1v) is 19.3. The first-order valence-electron chi connectivity index (χ1n) is 19.3. The molecule has 1 spiro atoms. The van der Waals surface area contributed by atoms with Crippen molar-refractivity contribution >= 4 is 49.8 Å². The standard InChI is InChI=1S/C53H35NO/c1-2-16-37-34(14-1)15-11-21-38(37)35-30-32-36(33-31-35)54(49-28-12-22-42-41-19-6-10-29-50(41)55-52(42)49)48-27-13-26-47-51(48)43-20-5-9-25-46(43)53(47)44-23-7-3-17-39(44)40-18-4-8-24-45(40)53/h1-33,39,44H. The Morgan fingerprint density at radius 1 is 0.473 bits per heavy atom. The molecule has 1 heterocycles. The van der Waals surface area contributed by atoms with Crippen molar-refractivity contribution in [3.63, 3.8) is 0 Å². The summed E-state index contributed by atoms with van der Waals surface area (Å²) in [5.74, 6) is 0.575. The van der Waals surface area contributed by atoms with Crippen LogP contribution in [0.1, 0.15) is 28.2 Å². The molecule has 8 aromatic carbocycles. The summed E-state index contributed by atoms with van der Waals surface area (Å²) in [6.07, 6.45) is 9.36. The van der Waals surface area contributed by atoms with Crippen molar-refractivity contribution < 1.29 is 4.42 Å². The Balaban J connectivity index is 1.13. The maximum absolute atomic E-state index is 6.79. The van der Waals surface area contributed by atoms with E-state index < -0.39 is 0 Å². The topological polar surface area (TPSA) is 16.4 Å². The Hall–Kier alpha value is -6.90. The van der Waals surface area contributed by atoms with Gasteiger partial charge in [-0.25, -0.2) is 0 Å². The number of fused-ring (bicyclic) bond motifs is 14. The van der Waals surface area contributed by atoms with Gasteiger partial charge in [-0.3, -0.25) is 0 Å². The molecule has 55 heavy (non-hydrogen) atoms.